The minimum atomic E-state index is -1.35. The zero-order chi connectivity index (χ0) is 14.0. The van der Waals surface area contributed by atoms with Crippen molar-refractivity contribution >= 4 is 11.7 Å². The van der Waals surface area contributed by atoms with Gasteiger partial charge < -0.3 is 15.3 Å². The Labute approximate surface area is 110 Å². The van der Waals surface area contributed by atoms with E-state index in [4.69, 9.17) is 5.11 Å². The van der Waals surface area contributed by atoms with E-state index in [9.17, 15) is 13.6 Å². The van der Waals surface area contributed by atoms with Gasteiger partial charge in [-0.1, -0.05) is 0 Å². The second-order valence-electron chi connectivity index (χ2n) is 4.92. The van der Waals surface area contributed by atoms with Crippen LogP contribution in [0.25, 0.3) is 0 Å². The Bertz CT molecular complexity index is 471. The molecule has 6 heteroatoms. The first-order valence-electron chi connectivity index (χ1n) is 6.12. The van der Waals surface area contributed by atoms with Crippen molar-refractivity contribution < 1.29 is 18.7 Å². The van der Waals surface area contributed by atoms with Gasteiger partial charge in [-0.25, -0.2) is 13.6 Å². The van der Waals surface area contributed by atoms with Crippen molar-refractivity contribution in [3.05, 3.63) is 29.3 Å². The minimum absolute atomic E-state index is 0.250. The number of carbonyl (C=O) groups is 1. The summed E-state index contributed by atoms with van der Waals surface area (Å²) >= 11 is 0. The molecule has 1 aromatic rings. The second-order valence-corrected chi connectivity index (χ2v) is 4.92. The Kier molecular flexibility index (Phi) is 3.99. The summed E-state index contributed by atoms with van der Waals surface area (Å²) in [5.41, 5.74) is -0.638. The Morgan fingerprint density at radius 3 is 2.58 bits per heavy atom. The molecule has 1 aliphatic rings. The number of carboxylic acid groups (broad SMARTS) is 1. The van der Waals surface area contributed by atoms with Gasteiger partial charge in [-0.05, 0) is 38.1 Å². The van der Waals surface area contributed by atoms with Crippen LogP contribution in [0, 0.1) is 17.6 Å². The number of likely N-dealkylation sites (tertiary alicyclic amines) is 1. The molecule has 19 heavy (non-hydrogen) atoms. The van der Waals surface area contributed by atoms with E-state index >= 15 is 0 Å². The lowest BCUT2D eigenvalue weighted by molar-refractivity contribution is 0.0696. The highest BCUT2D eigenvalue weighted by atomic mass is 19.1. The molecule has 1 heterocycles. The predicted molar refractivity (Wildman–Crippen MR) is 67.4 cm³/mol. The summed E-state index contributed by atoms with van der Waals surface area (Å²) < 4.78 is 27.3. The van der Waals surface area contributed by atoms with E-state index in [1.165, 1.54) is 0 Å². The topological polar surface area (TPSA) is 52.6 Å². The number of halogens is 2. The lowest BCUT2D eigenvalue weighted by Gasteiger charge is -2.14. The molecule has 0 spiro atoms. The summed E-state index contributed by atoms with van der Waals surface area (Å²) in [6.07, 6.45) is 0.986. The SMILES string of the molecule is CN1CCC(CNc2c(F)cc(C(=O)O)cc2F)C1. The molecule has 1 saturated heterocycles. The van der Waals surface area contributed by atoms with Gasteiger partial charge in [-0.15, -0.1) is 0 Å². The molecule has 1 unspecified atom stereocenters. The fraction of sp³-hybridized carbons (Fsp3) is 0.462. The summed E-state index contributed by atoms with van der Waals surface area (Å²) in [7, 11) is 2.00. The summed E-state index contributed by atoms with van der Waals surface area (Å²) in [5.74, 6) is -2.74. The maximum absolute atomic E-state index is 13.6. The average Bonchev–Trinajstić information content (AvgIpc) is 2.73. The first kappa shape index (κ1) is 13.7. The van der Waals surface area contributed by atoms with E-state index < -0.39 is 17.6 Å². The number of hydrogen-bond donors (Lipinski definition) is 2. The van der Waals surface area contributed by atoms with Crippen LogP contribution in [-0.2, 0) is 0 Å². The van der Waals surface area contributed by atoms with E-state index in [0.717, 1.165) is 31.6 Å². The number of nitrogens with zero attached hydrogens (tertiary/aromatic N) is 1. The molecule has 0 saturated carbocycles. The quantitative estimate of drug-likeness (QED) is 0.879. The van der Waals surface area contributed by atoms with Crippen molar-refractivity contribution in [3.63, 3.8) is 0 Å². The van der Waals surface area contributed by atoms with Gasteiger partial charge >= 0.3 is 5.97 Å². The molecular formula is C13H16F2N2O2. The molecule has 4 nitrogen and oxygen atoms in total. The van der Waals surface area contributed by atoms with Crippen LogP contribution in [0.15, 0.2) is 12.1 Å². The summed E-state index contributed by atoms with van der Waals surface area (Å²) in [6, 6.07) is 1.66. The Morgan fingerprint density at radius 1 is 1.47 bits per heavy atom. The maximum Gasteiger partial charge on any atom is 0.335 e. The van der Waals surface area contributed by atoms with Crippen LogP contribution in [0.2, 0.25) is 0 Å². The van der Waals surface area contributed by atoms with Gasteiger partial charge in [0.05, 0.1) is 5.56 Å². The number of nitrogens with one attached hydrogen (secondary N) is 1. The molecule has 0 amide bonds. The van der Waals surface area contributed by atoms with Gasteiger partial charge in [-0.3, -0.25) is 0 Å². The van der Waals surface area contributed by atoms with E-state index in [-0.39, 0.29) is 11.3 Å². The Morgan fingerprint density at radius 2 is 2.11 bits per heavy atom. The molecule has 1 aromatic carbocycles. The van der Waals surface area contributed by atoms with Crippen LogP contribution in [-0.4, -0.2) is 42.7 Å². The first-order chi connectivity index (χ1) is 8.97. The minimum Gasteiger partial charge on any atom is -0.478 e. The molecular weight excluding hydrogens is 254 g/mol. The van der Waals surface area contributed by atoms with Gasteiger partial charge in [-0.2, -0.15) is 0 Å². The Hall–Kier alpha value is -1.69. The number of hydrogen-bond acceptors (Lipinski definition) is 3. The summed E-state index contributed by atoms with van der Waals surface area (Å²) in [6.45, 7) is 2.35. The van der Waals surface area contributed by atoms with Crippen molar-refractivity contribution in [2.45, 2.75) is 6.42 Å². The van der Waals surface area contributed by atoms with E-state index in [0.29, 0.717) is 12.5 Å². The van der Waals surface area contributed by atoms with Gasteiger partial charge in [0.25, 0.3) is 0 Å². The average molecular weight is 270 g/mol. The van der Waals surface area contributed by atoms with Gasteiger partial charge in [0.1, 0.15) is 17.3 Å². The van der Waals surface area contributed by atoms with E-state index in [1.54, 1.807) is 0 Å². The summed E-state index contributed by atoms with van der Waals surface area (Å²) in [5, 5.41) is 11.4. The number of rotatable bonds is 4. The normalized spacial score (nSPS) is 19.6. The zero-order valence-corrected chi connectivity index (χ0v) is 10.6. The van der Waals surface area contributed by atoms with Crippen LogP contribution >= 0.6 is 0 Å². The van der Waals surface area contributed by atoms with Crippen molar-refractivity contribution in [2.75, 3.05) is 32.0 Å². The van der Waals surface area contributed by atoms with Gasteiger partial charge in [0, 0.05) is 13.1 Å². The first-order valence-corrected chi connectivity index (χ1v) is 6.12. The molecule has 0 bridgehead atoms. The van der Waals surface area contributed by atoms with Crippen molar-refractivity contribution in [3.8, 4) is 0 Å². The smallest absolute Gasteiger partial charge is 0.335 e. The van der Waals surface area contributed by atoms with E-state index in [2.05, 4.69) is 10.2 Å². The highest BCUT2D eigenvalue weighted by Gasteiger charge is 2.21. The number of benzene rings is 1. The standard InChI is InChI=1S/C13H16F2N2O2/c1-17-3-2-8(7-17)6-16-12-10(14)4-9(13(18)19)5-11(12)15/h4-5,8,16H,2-3,6-7H2,1H3,(H,18,19). The number of aromatic carboxylic acids is 1. The van der Waals surface area contributed by atoms with E-state index in [1.807, 2.05) is 7.05 Å². The van der Waals surface area contributed by atoms with Crippen LogP contribution in [0.3, 0.4) is 0 Å². The van der Waals surface area contributed by atoms with Crippen LogP contribution in [0.4, 0.5) is 14.5 Å². The molecule has 104 valence electrons. The molecule has 2 N–H and O–H groups in total. The maximum atomic E-state index is 13.6. The Balaban J connectivity index is 2.06. The summed E-state index contributed by atoms with van der Waals surface area (Å²) in [4.78, 5) is 12.8. The molecule has 0 radical (unpaired) electrons. The fourth-order valence-electron chi connectivity index (χ4n) is 2.30. The molecule has 2 rings (SSSR count). The molecule has 1 aliphatic heterocycles. The second kappa shape index (κ2) is 5.52. The van der Waals surface area contributed by atoms with Crippen molar-refractivity contribution in [1.82, 2.24) is 4.90 Å². The third-order valence-corrected chi connectivity index (χ3v) is 3.35. The van der Waals surface area contributed by atoms with Crippen LogP contribution < -0.4 is 5.32 Å². The van der Waals surface area contributed by atoms with Gasteiger partial charge in [0.2, 0.25) is 0 Å². The van der Waals surface area contributed by atoms with Gasteiger partial charge in [0.15, 0.2) is 0 Å². The number of anilines is 1. The van der Waals surface area contributed by atoms with Crippen LogP contribution in [0.5, 0.6) is 0 Å². The van der Waals surface area contributed by atoms with Crippen molar-refractivity contribution in [2.24, 2.45) is 5.92 Å². The lowest BCUT2D eigenvalue weighted by Crippen LogP contribution is -2.20. The highest BCUT2D eigenvalue weighted by molar-refractivity contribution is 5.88. The molecule has 1 fully saturated rings. The zero-order valence-electron chi connectivity index (χ0n) is 10.6. The predicted octanol–water partition coefficient (Wildman–Crippen LogP) is 2.03. The largest absolute Gasteiger partial charge is 0.478 e. The van der Waals surface area contributed by atoms with Crippen LogP contribution in [0.1, 0.15) is 16.8 Å². The monoisotopic (exact) mass is 270 g/mol. The molecule has 1 atom stereocenters. The van der Waals surface area contributed by atoms with Crippen molar-refractivity contribution in [1.29, 1.82) is 0 Å². The highest BCUT2D eigenvalue weighted by Crippen LogP contribution is 2.22. The molecule has 0 aromatic heterocycles. The lowest BCUT2D eigenvalue weighted by atomic mass is 10.1. The third kappa shape index (κ3) is 3.20. The third-order valence-electron chi connectivity index (χ3n) is 3.35. The fourth-order valence-corrected chi connectivity index (χ4v) is 2.30. The number of carboxylic acids is 1. The molecule has 0 aliphatic carbocycles.